The smallest absolute Gasteiger partial charge is 0.160 e. The van der Waals surface area contributed by atoms with Crippen LogP contribution in [0.25, 0.3) is 242 Å². The van der Waals surface area contributed by atoms with Crippen LogP contribution in [0.2, 0.25) is 0 Å². The third-order valence-corrected chi connectivity index (χ3v) is 32.2. The molecule has 9 heterocycles. The van der Waals surface area contributed by atoms with E-state index >= 15 is 0 Å². The Morgan fingerprint density at radius 2 is 0.771 bits per heavy atom. The lowest BCUT2D eigenvalue weighted by Gasteiger charge is -2.41. The SMILES string of the molecule is CC(C)(C)C1(C)c2ccc(-c3nc(-c4ccccc4)cc(-c4cccc5oc6ccccc6c45)n3)cc2-c2c1ccc1oc3ccccc3c21.CC(C)C1(C)c2ccc(-c3nc(-c4ccccn4)cc(-c4cccc5c4sc4ccccc45)n3)cc2-c2c1ccc1oc3ccccc3c21.CC1(c2ccccc2)c2cc3oc4ccccc4c3cc2-c2cccc(-c3nc4ccccc4c4ccccc34)c21. The van der Waals surface area contributed by atoms with Crippen LogP contribution < -0.4 is 0 Å². The van der Waals surface area contributed by atoms with Crippen LogP contribution in [0.4, 0.5) is 0 Å². The van der Waals surface area contributed by atoms with Crippen LogP contribution in [0.1, 0.15) is 94.3 Å². The molecule has 0 N–H and O–H groups in total. The van der Waals surface area contributed by atoms with Crippen molar-refractivity contribution in [3.05, 3.63) is 433 Å². The van der Waals surface area contributed by atoms with Crippen molar-refractivity contribution in [1.82, 2.24) is 29.9 Å². The van der Waals surface area contributed by atoms with Crippen molar-refractivity contribution in [2.75, 3.05) is 0 Å². The number of pyridine rings is 2. The number of hydrogen-bond acceptors (Lipinski definition) is 11. The molecule has 0 aliphatic heterocycles. The molecule has 11 heteroatoms. The van der Waals surface area contributed by atoms with Gasteiger partial charge in [-0.25, -0.2) is 24.9 Å². The summed E-state index contributed by atoms with van der Waals surface area (Å²) in [4.78, 5) is 31.1. The molecule has 3 aliphatic carbocycles. The summed E-state index contributed by atoms with van der Waals surface area (Å²) in [6.45, 7) is 18.8. The maximum atomic E-state index is 6.42. The van der Waals surface area contributed by atoms with Crippen molar-refractivity contribution in [2.45, 2.75) is 71.6 Å². The molecule has 0 saturated heterocycles. The normalized spacial score (nSPS) is 15.7. The fraction of sp³-hybridized carbons (Fsp3) is 0.101. The first kappa shape index (κ1) is 82.6. The van der Waals surface area contributed by atoms with E-state index in [0.29, 0.717) is 17.6 Å². The van der Waals surface area contributed by atoms with E-state index in [4.69, 9.17) is 47.6 Å². The Labute approximate surface area is 811 Å². The van der Waals surface area contributed by atoms with Gasteiger partial charge in [-0.3, -0.25) is 4.98 Å². The maximum Gasteiger partial charge on any atom is 0.160 e. The Balaban J connectivity index is 0.000000106. The van der Waals surface area contributed by atoms with Crippen LogP contribution in [0.3, 0.4) is 0 Å². The second kappa shape index (κ2) is 31.3. The number of nitrogens with zero attached hydrogens (tertiary/aromatic N) is 6. The number of benzene rings is 17. The molecule has 3 atom stereocenters. The Morgan fingerprint density at radius 3 is 1.45 bits per heavy atom. The van der Waals surface area contributed by atoms with Gasteiger partial charge < -0.3 is 17.7 Å². The van der Waals surface area contributed by atoms with E-state index in [1.165, 1.54) is 125 Å². The predicted molar refractivity (Wildman–Crippen MR) is 577 cm³/mol. The molecule has 3 unspecified atom stereocenters. The summed E-state index contributed by atoms with van der Waals surface area (Å²) in [5.74, 6) is 1.75. The molecular formula is C129H90N6O4S. The van der Waals surface area contributed by atoms with Gasteiger partial charge in [0.25, 0.3) is 0 Å². The van der Waals surface area contributed by atoms with Gasteiger partial charge in [0.05, 0.1) is 39.7 Å². The lowest BCUT2D eigenvalue weighted by molar-refractivity contribution is 0.255. The van der Waals surface area contributed by atoms with E-state index in [2.05, 4.69) is 377 Å². The van der Waals surface area contributed by atoms with Gasteiger partial charge in [-0.1, -0.05) is 334 Å². The standard InChI is InChI=1S/C46H34N2O2.C44H31N3OS.C39H25NO/c1-45(2,3)46(4)33-22-21-28(25-32(33)42-34(46)23-24-40-43(42)31-16-9-11-19-38(31)50-40)44-47-35(27-13-6-5-7-14-27)26-36(48-44)29-17-12-20-39-41(29)30-15-8-10-18-37(30)49-39;1-25(2)44(3)32-19-18-26(23-31(32)40-33(44)20-21-38-41(40)30-12-4-6-16-37(30)48-38)43-46-35(24-36(47-43)34-15-8-9-22-45-34)29-14-10-13-28-27-11-5-7-17-39(27)49-42(28)29;1-39(24-12-3-2-4-13-24)33-23-36-32(27-16-8-10-21-35(27)41-36)22-31(33)28-18-11-19-30(37(28)39)38-29-17-6-5-14-25(29)26-15-7-9-20-34(26)40-38/h5-26H,1-4H3;4-25H,1-3H3;2-23H,1H3. The summed E-state index contributed by atoms with van der Waals surface area (Å²) in [6, 6.07) is 137. The lowest BCUT2D eigenvalue weighted by Crippen LogP contribution is -2.36. The van der Waals surface area contributed by atoms with Crippen LogP contribution in [0, 0.1) is 11.3 Å². The van der Waals surface area contributed by atoms with Gasteiger partial charge in [-0.2, -0.15) is 0 Å². The highest BCUT2D eigenvalue weighted by molar-refractivity contribution is 7.26. The highest BCUT2D eigenvalue weighted by atomic mass is 32.1. The van der Waals surface area contributed by atoms with Crippen LogP contribution in [-0.2, 0) is 16.2 Å². The highest BCUT2D eigenvalue weighted by Gasteiger charge is 2.50. The monoisotopic (exact) mass is 1820 g/mol. The summed E-state index contributed by atoms with van der Waals surface area (Å²) in [5, 5.41) is 15.2. The maximum absolute atomic E-state index is 6.42. The number of aromatic nitrogens is 6. The first-order valence-corrected chi connectivity index (χ1v) is 49.0. The summed E-state index contributed by atoms with van der Waals surface area (Å²) in [5.41, 5.74) is 35.5. The fourth-order valence-corrected chi connectivity index (χ4v) is 24.7. The first-order chi connectivity index (χ1) is 68.5. The zero-order chi connectivity index (χ0) is 93.8. The molecule has 9 aromatic heterocycles. The van der Waals surface area contributed by atoms with Gasteiger partial charge >= 0.3 is 0 Å². The van der Waals surface area contributed by atoms with E-state index in [-0.39, 0.29) is 16.2 Å². The molecule has 0 amide bonds. The molecule has 666 valence electrons. The number of rotatable bonds is 9. The van der Waals surface area contributed by atoms with Gasteiger partial charge in [0.2, 0.25) is 0 Å². The molecule has 17 aromatic carbocycles. The van der Waals surface area contributed by atoms with Crippen LogP contribution in [0.5, 0.6) is 0 Å². The number of fused-ring (bicyclic) bond motifs is 29. The van der Waals surface area contributed by atoms with E-state index in [9.17, 15) is 0 Å². The van der Waals surface area contributed by atoms with Crippen LogP contribution >= 0.6 is 11.3 Å². The van der Waals surface area contributed by atoms with Crippen molar-refractivity contribution in [2.24, 2.45) is 11.3 Å². The fourth-order valence-electron chi connectivity index (χ4n) is 23.4. The van der Waals surface area contributed by atoms with Crippen molar-refractivity contribution in [3.8, 4) is 113 Å². The second-order valence-corrected chi connectivity index (χ2v) is 40.5. The average Bonchev–Trinajstić information content (AvgIpc) is 1.53. The predicted octanol–water partition coefficient (Wildman–Crippen LogP) is 35.0. The van der Waals surface area contributed by atoms with E-state index in [0.717, 1.165) is 144 Å². The molecule has 10 nitrogen and oxygen atoms in total. The summed E-state index contributed by atoms with van der Waals surface area (Å²) < 4.78 is 28.0. The van der Waals surface area contributed by atoms with Crippen molar-refractivity contribution in [3.63, 3.8) is 0 Å². The Bertz CT molecular complexity index is 9680. The summed E-state index contributed by atoms with van der Waals surface area (Å²) in [6.07, 6.45) is 1.82. The molecule has 3 aliphatic rings. The van der Waals surface area contributed by atoms with Crippen LogP contribution in [0.15, 0.2) is 412 Å². The average molecular weight is 1820 g/mol. The molecule has 0 saturated carbocycles. The number of thiophene rings is 1. The number of hydrogen-bond donors (Lipinski definition) is 0. The molecular weight excluding hydrogens is 1730 g/mol. The first-order valence-electron chi connectivity index (χ1n) is 48.2. The van der Waals surface area contributed by atoms with Crippen molar-refractivity contribution in [1.29, 1.82) is 0 Å². The minimum absolute atomic E-state index is 0.0509. The second-order valence-electron chi connectivity index (χ2n) is 39.5. The van der Waals surface area contributed by atoms with Gasteiger partial charge in [-0.05, 0) is 199 Å². The molecule has 26 aromatic rings. The topological polar surface area (TPSA) is 130 Å². The quantitative estimate of drug-likeness (QED) is 0.129. The highest BCUT2D eigenvalue weighted by Crippen LogP contribution is 2.63. The third kappa shape index (κ3) is 12.4. The van der Waals surface area contributed by atoms with E-state index < -0.39 is 5.41 Å². The van der Waals surface area contributed by atoms with Gasteiger partial charge in [-0.15, -0.1) is 11.3 Å². The van der Waals surface area contributed by atoms with Crippen molar-refractivity contribution >= 4 is 141 Å². The van der Waals surface area contributed by atoms with Gasteiger partial charge in [0.15, 0.2) is 11.6 Å². The summed E-state index contributed by atoms with van der Waals surface area (Å²) in [7, 11) is 0. The third-order valence-electron chi connectivity index (χ3n) is 31.0. The molecule has 0 spiro atoms. The van der Waals surface area contributed by atoms with Gasteiger partial charge in [0.1, 0.15) is 44.7 Å². The Kier molecular flexibility index (Phi) is 18.5. The van der Waals surface area contributed by atoms with E-state index in [1.807, 2.05) is 84.3 Å². The van der Waals surface area contributed by atoms with E-state index in [1.54, 1.807) is 0 Å². The number of furan rings is 4. The minimum Gasteiger partial charge on any atom is -0.456 e. The summed E-state index contributed by atoms with van der Waals surface area (Å²) >= 11 is 1.82. The minimum atomic E-state index is -0.399. The molecule has 0 fully saturated rings. The number of para-hydroxylation sites is 5. The molecule has 0 bridgehead atoms. The van der Waals surface area contributed by atoms with Crippen molar-refractivity contribution < 1.29 is 17.7 Å². The van der Waals surface area contributed by atoms with Gasteiger partial charge in [0, 0.05) is 130 Å². The molecule has 29 rings (SSSR count). The zero-order valence-electron chi connectivity index (χ0n) is 78.3. The van der Waals surface area contributed by atoms with Crippen LogP contribution in [-0.4, -0.2) is 29.9 Å². The zero-order valence-corrected chi connectivity index (χ0v) is 79.1. The Morgan fingerprint density at radius 1 is 0.286 bits per heavy atom. The molecule has 0 radical (unpaired) electrons. The lowest BCUT2D eigenvalue weighted by atomic mass is 9.62. The largest absolute Gasteiger partial charge is 0.456 e. The molecule has 140 heavy (non-hydrogen) atoms. The Hall–Kier alpha value is -16.9.